The minimum absolute atomic E-state index is 0.561. The molecule has 2 aromatic carbocycles. The van der Waals surface area contributed by atoms with Gasteiger partial charge in [-0.3, -0.25) is 0 Å². The van der Waals surface area contributed by atoms with Gasteiger partial charge in [0.05, 0.1) is 0 Å². The van der Waals surface area contributed by atoms with Gasteiger partial charge in [0.2, 0.25) is 0 Å². The van der Waals surface area contributed by atoms with Crippen LogP contribution in [-0.2, 0) is 0 Å². The fourth-order valence-corrected chi connectivity index (χ4v) is 2.36. The Morgan fingerprint density at radius 3 is 2.29 bits per heavy atom. The highest BCUT2D eigenvalue weighted by Crippen LogP contribution is 2.30. The van der Waals surface area contributed by atoms with Gasteiger partial charge >= 0.3 is 0 Å². The average Bonchev–Trinajstić information content (AvgIpc) is 2.32. The van der Waals surface area contributed by atoms with E-state index in [9.17, 15) is 5.11 Å². The first-order valence-electron chi connectivity index (χ1n) is 5.60. The third-order valence-electron chi connectivity index (χ3n) is 3.09. The Morgan fingerprint density at radius 1 is 0.941 bits per heavy atom. The van der Waals surface area contributed by atoms with E-state index in [4.69, 9.17) is 0 Å². The maximum Gasteiger partial charge on any atom is 0.105 e. The van der Waals surface area contributed by atoms with Gasteiger partial charge in [0.1, 0.15) is 6.10 Å². The molecule has 1 atom stereocenters. The Hall–Kier alpha value is -1.12. The summed E-state index contributed by atoms with van der Waals surface area (Å²) < 4.78 is 1.03. The number of benzene rings is 2. The van der Waals surface area contributed by atoms with E-state index in [1.54, 1.807) is 0 Å². The topological polar surface area (TPSA) is 20.2 Å². The molecule has 0 aliphatic heterocycles. The fourth-order valence-electron chi connectivity index (χ4n) is 1.98. The maximum absolute atomic E-state index is 10.5. The average molecular weight is 291 g/mol. The molecular weight excluding hydrogens is 276 g/mol. The molecule has 2 heteroatoms. The molecule has 0 aromatic heterocycles. The predicted octanol–water partition coefficient (Wildman–Crippen LogP) is 4.15. The zero-order valence-electron chi connectivity index (χ0n) is 9.94. The lowest BCUT2D eigenvalue weighted by molar-refractivity contribution is 0.218. The van der Waals surface area contributed by atoms with Crippen molar-refractivity contribution < 1.29 is 5.11 Å². The smallest absolute Gasteiger partial charge is 0.105 e. The van der Waals surface area contributed by atoms with Crippen molar-refractivity contribution >= 4 is 15.9 Å². The van der Waals surface area contributed by atoms with Gasteiger partial charge in [-0.05, 0) is 42.2 Å². The first-order valence-corrected chi connectivity index (χ1v) is 6.39. The van der Waals surface area contributed by atoms with Crippen molar-refractivity contribution in [2.45, 2.75) is 20.0 Å². The number of hydrogen-bond donors (Lipinski definition) is 1. The van der Waals surface area contributed by atoms with Crippen LogP contribution in [0.5, 0.6) is 0 Å². The summed E-state index contributed by atoms with van der Waals surface area (Å²) in [5.41, 5.74) is 4.12. The summed E-state index contributed by atoms with van der Waals surface area (Å²) in [6.07, 6.45) is -0.561. The molecule has 2 rings (SSSR count). The number of rotatable bonds is 2. The van der Waals surface area contributed by atoms with Crippen LogP contribution in [0.1, 0.15) is 28.4 Å². The van der Waals surface area contributed by atoms with Gasteiger partial charge in [-0.2, -0.15) is 0 Å². The van der Waals surface area contributed by atoms with E-state index in [1.165, 1.54) is 0 Å². The molecule has 0 saturated heterocycles. The number of aliphatic hydroxyl groups is 1. The Labute approximate surface area is 110 Å². The van der Waals surface area contributed by atoms with Gasteiger partial charge in [-0.25, -0.2) is 0 Å². The lowest BCUT2D eigenvalue weighted by Crippen LogP contribution is -2.04. The van der Waals surface area contributed by atoms with Crippen LogP contribution in [0.25, 0.3) is 0 Å². The second kappa shape index (κ2) is 5.03. The van der Waals surface area contributed by atoms with Crippen molar-refractivity contribution in [2.75, 3.05) is 0 Å². The van der Waals surface area contributed by atoms with Gasteiger partial charge < -0.3 is 5.11 Å². The van der Waals surface area contributed by atoms with Crippen molar-refractivity contribution in [3.63, 3.8) is 0 Å². The van der Waals surface area contributed by atoms with Crippen molar-refractivity contribution in [3.8, 4) is 0 Å². The van der Waals surface area contributed by atoms with Gasteiger partial charge in [-0.1, -0.05) is 52.3 Å². The summed E-state index contributed by atoms with van der Waals surface area (Å²) in [6, 6.07) is 13.8. The fraction of sp³-hybridized carbons (Fsp3) is 0.200. The first-order chi connectivity index (χ1) is 8.11. The second-order valence-corrected chi connectivity index (χ2v) is 5.07. The minimum atomic E-state index is -0.561. The number of aryl methyl sites for hydroxylation is 1. The standard InChI is InChI=1S/C15H15BrO/c1-10-6-3-4-7-12(10)15(17)13-8-5-9-14(16)11(13)2/h3-9,15,17H,1-2H3. The first kappa shape index (κ1) is 12.3. The van der Waals surface area contributed by atoms with E-state index in [2.05, 4.69) is 15.9 Å². The summed E-state index contributed by atoms with van der Waals surface area (Å²) >= 11 is 3.49. The van der Waals surface area contributed by atoms with Gasteiger partial charge in [-0.15, -0.1) is 0 Å². The molecule has 88 valence electrons. The summed E-state index contributed by atoms with van der Waals surface area (Å²) in [5, 5.41) is 10.5. The Kier molecular flexibility index (Phi) is 3.65. The van der Waals surface area contributed by atoms with E-state index in [-0.39, 0.29) is 0 Å². The van der Waals surface area contributed by atoms with Crippen LogP contribution >= 0.6 is 15.9 Å². The highest BCUT2D eigenvalue weighted by atomic mass is 79.9. The Bertz CT molecular complexity index is 534. The molecule has 0 radical (unpaired) electrons. The van der Waals surface area contributed by atoms with Crippen molar-refractivity contribution in [3.05, 3.63) is 69.2 Å². The molecule has 2 aromatic rings. The molecule has 17 heavy (non-hydrogen) atoms. The van der Waals surface area contributed by atoms with Gasteiger partial charge in [0, 0.05) is 4.47 Å². The summed E-state index contributed by atoms with van der Waals surface area (Å²) in [6.45, 7) is 4.03. The second-order valence-electron chi connectivity index (χ2n) is 4.21. The van der Waals surface area contributed by atoms with Crippen LogP contribution < -0.4 is 0 Å². The molecule has 0 saturated carbocycles. The van der Waals surface area contributed by atoms with Crippen LogP contribution in [0.2, 0.25) is 0 Å². The third kappa shape index (κ3) is 2.43. The summed E-state index contributed by atoms with van der Waals surface area (Å²) in [5.74, 6) is 0. The number of hydrogen-bond acceptors (Lipinski definition) is 1. The van der Waals surface area contributed by atoms with E-state index >= 15 is 0 Å². The maximum atomic E-state index is 10.5. The van der Waals surface area contributed by atoms with E-state index < -0.39 is 6.10 Å². The number of aliphatic hydroxyl groups excluding tert-OH is 1. The summed E-state index contributed by atoms with van der Waals surface area (Å²) in [4.78, 5) is 0. The Balaban J connectivity index is 2.48. The summed E-state index contributed by atoms with van der Waals surface area (Å²) in [7, 11) is 0. The normalized spacial score (nSPS) is 12.5. The molecule has 1 unspecified atom stereocenters. The van der Waals surface area contributed by atoms with E-state index in [0.29, 0.717) is 0 Å². The monoisotopic (exact) mass is 290 g/mol. The lowest BCUT2D eigenvalue weighted by atomic mass is 9.95. The third-order valence-corrected chi connectivity index (χ3v) is 3.95. The van der Waals surface area contributed by atoms with Crippen molar-refractivity contribution in [1.82, 2.24) is 0 Å². The SMILES string of the molecule is Cc1ccccc1C(O)c1cccc(Br)c1C. The molecule has 0 aliphatic rings. The van der Waals surface area contributed by atoms with Crippen molar-refractivity contribution in [1.29, 1.82) is 0 Å². The molecule has 0 spiro atoms. The van der Waals surface area contributed by atoms with Gasteiger partial charge in [0.25, 0.3) is 0 Å². The van der Waals surface area contributed by atoms with Crippen LogP contribution in [0.4, 0.5) is 0 Å². The molecule has 0 bridgehead atoms. The largest absolute Gasteiger partial charge is 0.384 e. The van der Waals surface area contributed by atoms with Crippen LogP contribution in [0.3, 0.4) is 0 Å². The molecule has 0 aliphatic carbocycles. The zero-order valence-corrected chi connectivity index (χ0v) is 11.5. The van der Waals surface area contributed by atoms with Crippen LogP contribution in [0, 0.1) is 13.8 Å². The molecular formula is C15H15BrO. The molecule has 0 amide bonds. The molecule has 0 fully saturated rings. The van der Waals surface area contributed by atoms with E-state index in [1.807, 2.05) is 56.3 Å². The highest BCUT2D eigenvalue weighted by Gasteiger charge is 2.15. The minimum Gasteiger partial charge on any atom is -0.384 e. The molecule has 1 nitrogen and oxygen atoms in total. The molecule has 0 heterocycles. The van der Waals surface area contributed by atoms with Crippen molar-refractivity contribution in [2.24, 2.45) is 0 Å². The van der Waals surface area contributed by atoms with Crippen LogP contribution in [0.15, 0.2) is 46.9 Å². The van der Waals surface area contributed by atoms with E-state index in [0.717, 1.165) is 26.7 Å². The zero-order chi connectivity index (χ0) is 12.4. The van der Waals surface area contributed by atoms with Gasteiger partial charge in [0.15, 0.2) is 0 Å². The highest BCUT2D eigenvalue weighted by molar-refractivity contribution is 9.10. The van der Waals surface area contributed by atoms with Crippen LogP contribution in [-0.4, -0.2) is 5.11 Å². The quantitative estimate of drug-likeness (QED) is 0.881. The number of halogens is 1. The predicted molar refractivity (Wildman–Crippen MR) is 74.1 cm³/mol. The lowest BCUT2D eigenvalue weighted by Gasteiger charge is -2.17. The molecule has 1 N–H and O–H groups in total. The Morgan fingerprint density at radius 2 is 1.59 bits per heavy atom.